The Morgan fingerprint density at radius 3 is 2.14 bits per heavy atom. The minimum atomic E-state index is -1.64. The molecule has 0 aliphatic carbocycles. The third-order valence-electron chi connectivity index (χ3n) is 3.17. The highest BCUT2D eigenvalue weighted by Gasteiger charge is 2.33. The van der Waals surface area contributed by atoms with Gasteiger partial charge in [0.05, 0.1) is 0 Å². The van der Waals surface area contributed by atoms with Crippen molar-refractivity contribution in [3.05, 3.63) is 29.8 Å². The molecule has 0 unspecified atom stereocenters. The van der Waals surface area contributed by atoms with E-state index in [1.807, 2.05) is 7.11 Å². The smallest absolute Gasteiger partial charge is 0.223 e. The molecule has 1 rings (SSSR count). The summed E-state index contributed by atoms with van der Waals surface area (Å²) in [6, 6.07) is 10.9. The summed E-state index contributed by atoms with van der Waals surface area (Å²) in [4.78, 5) is 0. The van der Waals surface area contributed by atoms with Crippen LogP contribution in [0.4, 0.5) is 0 Å². The Bertz CT molecular complexity index is 284. The van der Waals surface area contributed by atoms with Crippen LogP contribution < -0.4 is 5.19 Å². The molecule has 0 heterocycles. The minimum absolute atomic E-state index is 1.16. The van der Waals surface area contributed by atoms with Crippen LogP contribution in [-0.2, 0) is 4.43 Å². The Balaban J connectivity index is 3.17. The van der Waals surface area contributed by atoms with Crippen LogP contribution in [0.3, 0.4) is 0 Å². The number of hydrogen-bond acceptors (Lipinski definition) is 1. The molecule has 2 heteroatoms. The maximum atomic E-state index is 5.84. The summed E-state index contributed by atoms with van der Waals surface area (Å²) in [5.41, 5.74) is 1.38. The first-order valence-electron chi connectivity index (χ1n) is 5.31. The van der Waals surface area contributed by atoms with Crippen molar-refractivity contribution in [3.63, 3.8) is 0 Å². The van der Waals surface area contributed by atoms with Crippen molar-refractivity contribution in [1.82, 2.24) is 0 Å². The van der Waals surface area contributed by atoms with Gasteiger partial charge in [0.1, 0.15) is 0 Å². The fourth-order valence-electron chi connectivity index (χ4n) is 2.11. The molecular weight excluding hydrogens is 188 g/mol. The van der Waals surface area contributed by atoms with E-state index >= 15 is 0 Å². The normalized spacial score (nSPS) is 11.7. The van der Waals surface area contributed by atoms with Crippen LogP contribution in [-0.4, -0.2) is 15.4 Å². The maximum absolute atomic E-state index is 5.84. The number of rotatable bonds is 4. The zero-order chi connectivity index (χ0) is 10.6. The standard InChI is InChI=1S/C12H20OSi/c1-5-14(6-2,13-4)12-10-8-7-9-11(12)3/h7-10H,5-6H2,1-4H3. The summed E-state index contributed by atoms with van der Waals surface area (Å²) in [7, 11) is 0.229. The van der Waals surface area contributed by atoms with E-state index < -0.39 is 8.32 Å². The molecule has 0 N–H and O–H groups in total. The van der Waals surface area contributed by atoms with Gasteiger partial charge in [0.2, 0.25) is 8.32 Å². The van der Waals surface area contributed by atoms with Gasteiger partial charge in [-0.3, -0.25) is 0 Å². The molecule has 0 aromatic heterocycles. The van der Waals surface area contributed by atoms with Crippen molar-refractivity contribution in [2.24, 2.45) is 0 Å². The summed E-state index contributed by atoms with van der Waals surface area (Å²) in [5, 5.41) is 1.47. The van der Waals surface area contributed by atoms with E-state index in [4.69, 9.17) is 4.43 Å². The second-order valence-electron chi connectivity index (χ2n) is 3.72. The van der Waals surface area contributed by atoms with Gasteiger partial charge in [-0.1, -0.05) is 38.1 Å². The van der Waals surface area contributed by atoms with Crippen LogP contribution in [0.15, 0.2) is 24.3 Å². The number of benzene rings is 1. The average molecular weight is 208 g/mol. The van der Waals surface area contributed by atoms with E-state index in [2.05, 4.69) is 45.0 Å². The summed E-state index contributed by atoms with van der Waals surface area (Å²) in [6.45, 7) is 6.67. The lowest BCUT2D eigenvalue weighted by Gasteiger charge is -2.29. The van der Waals surface area contributed by atoms with Crippen molar-refractivity contribution < 1.29 is 4.43 Å². The van der Waals surface area contributed by atoms with Crippen LogP contribution in [0.25, 0.3) is 0 Å². The summed E-state index contributed by atoms with van der Waals surface area (Å²) < 4.78 is 5.84. The predicted molar refractivity (Wildman–Crippen MR) is 64.5 cm³/mol. The van der Waals surface area contributed by atoms with Crippen LogP contribution in [0.2, 0.25) is 12.1 Å². The van der Waals surface area contributed by atoms with Gasteiger partial charge >= 0.3 is 0 Å². The highest BCUT2D eigenvalue weighted by atomic mass is 28.4. The van der Waals surface area contributed by atoms with Crippen molar-refractivity contribution >= 4 is 13.5 Å². The fraction of sp³-hybridized carbons (Fsp3) is 0.500. The first kappa shape index (κ1) is 11.5. The topological polar surface area (TPSA) is 9.23 Å². The van der Waals surface area contributed by atoms with Crippen molar-refractivity contribution in [2.45, 2.75) is 32.9 Å². The quantitative estimate of drug-likeness (QED) is 0.691. The Labute approximate surface area is 88.2 Å². The predicted octanol–water partition coefficient (Wildman–Crippen LogP) is 2.83. The van der Waals surface area contributed by atoms with E-state index in [-0.39, 0.29) is 0 Å². The first-order chi connectivity index (χ1) is 6.70. The summed E-state index contributed by atoms with van der Waals surface area (Å²) in [6.07, 6.45) is 0. The van der Waals surface area contributed by atoms with Crippen molar-refractivity contribution in [2.75, 3.05) is 7.11 Å². The lowest BCUT2D eigenvalue weighted by molar-refractivity contribution is 0.405. The van der Waals surface area contributed by atoms with Crippen molar-refractivity contribution in [1.29, 1.82) is 0 Å². The molecule has 0 aliphatic heterocycles. The Kier molecular flexibility index (Phi) is 3.90. The molecule has 1 nitrogen and oxygen atoms in total. The summed E-state index contributed by atoms with van der Waals surface area (Å²) in [5.74, 6) is 0. The molecule has 78 valence electrons. The largest absolute Gasteiger partial charge is 0.416 e. The molecule has 0 aliphatic rings. The van der Waals surface area contributed by atoms with Gasteiger partial charge < -0.3 is 4.43 Å². The Morgan fingerprint density at radius 1 is 1.14 bits per heavy atom. The van der Waals surface area contributed by atoms with Gasteiger partial charge in [0.25, 0.3) is 0 Å². The van der Waals surface area contributed by atoms with E-state index in [0.29, 0.717) is 0 Å². The van der Waals surface area contributed by atoms with Gasteiger partial charge in [0, 0.05) is 7.11 Å². The van der Waals surface area contributed by atoms with E-state index in [0.717, 1.165) is 12.1 Å². The number of aryl methyl sites for hydroxylation is 1. The van der Waals surface area contributed by atoms with Crippen LogP contribution in [0.1, 0.15) is 19.4 Å². The molecule has 0 spiro atoms. The van der Waals surface area contributed by atoms with E-state index in [1.165, 1.54) is 10.8 Å². The molecule has 0 bridgehead atoms. The van der Waals surface area contributed by atoms with Gasteiger partial charge in [-0.25, -0.2) is 0 Å². The lowest BCUT2D eigenvalue weighted by Crippen LogP contribution is -2.49. The molecule has 0 fully saturated rings. The maximum Gasteiger partial charge on any atom is 0.223 e. The highest BCUT2D eigenvalue weighted by Crippen LogP contribution is 2.17. The van der Waals surface area contributed by atoms with Gasteiger partial charge in [-0.05, 0) is 29.8 Å². The fourth-order valence-corrected chi connectivity index (χ4v) is 5.37. The molecule has 0 amide bonds. The van der Waals surface area contributed by atoms with Crippen LogP contribution in [0, 0.1) is 6.92 Å². The third-order valence-corrected chi connectivity index (χ3v) is 7.78. The second-order valence-corrected chi connectivity index (χ2v) is 8.07. The zero-order valence-corrected chi connectivity index (χ0v) is 10.6. The van der Waals surface area contributed by atoms with E-state index in [9.17, 15) is 0 Å². The Morgan fingerprint density at radius 2 is 1.71 bits per heavy atom. The highest BCUT2D eigenvalue weighted by molar-refractivity contribution is 6.86. The lowest BCUT2D eigenvalue weighted by atomic mass is 10.2. The molecule has 1 aromatic rings. The zero-order valence-electron chi connectivity index (χ0n) is 9.63. The molecule has 14 heavy (non-hydrogen) atoms. The molecule has 1 aromatic carbocycles. The molecule has 0 saturated heterocycles. The van der Waals surface area contributed by atoms with Gasteiger partial charge in [-0.2, -0.15) is 0 Å². The molecular formula is C12H20OSi. The van der Waals surface area contributed by atoms with Gasteiger partial charge in [-0.15, -0.1) is 0 Å². The second kappa shape index (κ2) is 4.76. The molecule has 0 atom stereocenters. The van der Waals surface area contributed by atoms with Crippen LogP contribution >= 0.6 is 0 Å². The Hall–Kier alpha value is -0.603. The van der Waals surface area contributed by atoms with Gasteiger partial charge in [0.15, 0.2) is 0 Å². The number of hydrogen-bond donors (Lipinski definition) is 0. The monoisotopic (exact) mass is 208 g/mol. The summed E-state index contributed by atoms with van der Waals surface area (Å²) >= 11 is 0. The van der Waals surface area contributed by atoms with E-state index in [1.54, 1.807) is 0 Å². The first-order valence-corrected chi connectivity index (χ1v) is 7.63. The SMILES string of the molecule is CC[Si](CC)(OC)c1ccccc1C. The minimum Gasteiger partial charge on any atom is -0.416 e. The third kappa shape index (κ3) is 1.91. The molecule has 0 saturated carbocycles. The van der Waals surface area contributed by atoms with Crippen LogP contribution in [0.5, 0.6) is 0 Å². The van der Waals surface area contributed by atoms with Crippen molar-refractivity contribution in [3.8, 4) is 0 Å². The molecule has 0 radical (unpaired) electrons. The average Bonchev–Trinajstić information content (AvgIpc) is 2.24.